The van der Waals surface area contributed by atoms with Gasteiger partial charge in [-0.25, -0.2) is 4.39 Å². The van der Waals surface area contributed by atoms with Crippen molar-refractivity contribution >= 4 is 33.4 Å². The first-order valence-electron chi connectivity index (χ1n) is 8.67. The molecule has 4 nitrogen and oxygen atoms in total. The van der Waals surface area contributed by atoms with E-state index in [1.54, 1.807) is 0 Å². The lowest BCUT2D eigenvalue weighted by atomic mass is 10.0. The number of carbonyl (C=O) groups is 1. The maximum Gasteiger partial charge on any atom is 0.416 e. The number of aromatic nitrogens is 1. The molecule has 4 rings (SSSR count). The quantitative estimate of drug-likeness (QED) is 0.641. The average molecular weight is 379 g/mol. The number of nitrogens with two attached hydrogens (primary N) is 1. The molecule has 3 N–H and O–H groups in total. The number of nitrogens with zero attached hydrogens (tertiary/aromatic N) is 1. The van der Waals surface area contributed by atoms with Crippen molar-refractivity contribution < 1.29 is 22.4 Å². The number of nitrogens with one attached hydrogen (secondary N) is 1. The highest BCUT2D eigenvalue weighted by Gasteiger charge is 2.31. The van der Waals surface area contributed by atoms with Crippen molar-refractivity contribution in [3.63, 3.8) is 0 Å². The van der Waals surface area contributed by atoms with Gasteiger partial charge in [0.25, 0.3) is 5.91 Å². The van der Waals surface area contributed by atoms with E-state index in [0.717, 1.165) is 37.5 Å². The van der Waals surface area contributed by atoms with Crippen LogP contribution in [0.15, 0.2) is 24.3 Å². The van der Waals surface area contributed by atoms with Crippen molar-refractivity contribution in [2.24, 2.45) is 5.73 Å². The first kappa shape index (κ1) is 17.6. The highest BCUT2D eigenvalue weighted by molar-refractivity contribution is 6.19. The Bertz CT molecular complexity index is 1050. The van der Waals surface area contributed by atoms with Crippen LogP contribution in [-0.4, -0.2) is 24.0 Å². The summed E-state index contributed by atoms with van der Waals surface area (Å²) in [5.41, 5.74) is 5.24. The second-order valence-electron chi connectivity index (χ2n) is 6.80. The first-order chi connectivity index (χ1) is 12.8. The third-order valence-corrected chi connectivity index (χ3v) is 5.07. The number of H-pyrrole nitrogens is 1. The Hall–Kier alpha value is -2.77. The van der Waals surface area contributed by atoms with E-state index >= 15 is 0 Å². The molecule has 142 valence electrons. The lowest BCUT2D eigenvalue weighted by Gasteiger charge is -2.30. The SMILES string of the molecule is NC(=O)c1cc(F)c(N2CCCCC2)c2c1[nH]c1cc(C(F)(F)F)ccc12. The molecule has 3 aromatic rings. The summed E-state index contributed by atoms with van der Waals surface area (Å²) < 4.78 is 54.1. The molecule has 0 aliphatic carbocycles. The number of alkyl halides is 3. The van der Waals surface area contributed by atoms with Gasteiger partial charge in [-0.1, -0.05) is 6.07 Å². The fourth-order valence-corrected chi connectivity index (χ4v) is 3.83. The molecule has 0 atom stereocenters. The van der Waals surface area contributed by atoms with Crippen LogP contribution in [0.25, 0.3) is 21.8 Å². The zero-order valence-corrected chi connectivity index (χ0v) is 14.3. The molecule has 0 saturated carbocycles. The summed E-state index contributed by atoms with van der Waals surface area (Å²) in [6.45, 7) is 1.30. The van der Waals surface area contributed by atoms with Gasteiger partial charge in [0.15, 0.2) is 0 Å². The molecule has 1 saturated heterocycles. The second-order valence-corrected chi connectivity index (χ2v) is 6.80. The van der Waals surface area contributed by atoms with E-state index in [-0.39, 0.29) is 16.6 Å². The van der Waals surface area contributed by atoms with Gasteiger partial charge in [0, 0.05) is 29.4 Å². The minimum Gasteiger partial charge on any atom is -0.369 e. The van der Waals surface area contributed by atoms with E-state index in [1.165, 1.54) is 6.07 Å². The third kappa shape index (κ3) is 2.89. The van der Waals surface area contributed by atoms with E-state index in [4.69, 9.17) is 5.73 Å². The molecular formula is C19H17F4N3O. The number of piperidine rings is 1. The van der Waals surface area contributed by atoms with E-state index in [1.807, 2.05) is 4.90 Å². The molecular weight excluding hydrogens is 362 g/mol. The molecule has 2 aromatic carbocycles. The van der Waals surface area contributed by atoms with Gasteiger partial charge in [-0.05, 0) is 37.5 Å². The average Bonchev–Trinajstić information content (AvgIpc) is 2.99. The maximum atomic E-state index is 15.0. The van der Waals surface area contributed by atoms with Crippen LogP contribution in [0.1, 0.15) is 35.2 Å². The van der Waals surface area contributed by atoms with Gasteiger partial charge in [0.2, 0.25) is 0 Å². The smallest absolute Gasteiger partial charge is 0.369 e. The van der Waals surface area contributed by atoms with Gasteiger partial charge in [0.05, 0.1) is 22.3 Å². The molecule has 8 heteroatoms. The van der Waals surface area contributed by atoms with E-state index in [9.17, 15) is 22.4 Å². The van der Waals surface area contributed by atoms with Crippen molar-refractivity contribution in [3.8, 4) is 0 Å². The number of fused-ring (bicyclic) bond motifs is 3. The van der Waals surface area contributed by atoms with Crippen molar-refractivity contribution in [1.82, 2.24) is 4.98 Å². The van der Waals surface area contributed by atoms with Crippen LogP contribution in [-0.2, 0) is 6.18 Å². The highest BCUT2D eigenvalue weighted by atomic mass is 19.4. The monoisotopic (exact) mass is 379 g/mol. The topological polar surface area (TPSA) is 62.1 Å². The van der Waals surface area contributed by atoms with Crippen molar-refractivity contribution in [3.05, 3.63) is 41.2 Å². The van der Waals surface area contributed by atoms with Gasteiger partial charge in [-0.15, -0.1) is 0 Å². The first-order valence-corrected chi connectivity index (χ1v) is 8.67. The van der Waals surface area contributed by atoms with Gasteiger partial charge in [-0.2, -0.15) is 13.2 Å². The Morgan fingerprint density at radius 2 is 1.81 bits per heavy atom. The van der Waals surface area contributed by atoms with E-state index in [0.29, 0.717) is 29.5 Å². The minimum absolute atomic E-state index is 0.0759. The summed E-state index contributed by atoms with van der Waals surface area (Å²) in [5, 5.41) is 0.829. The number of primary amides is 1. The number of amides is 1. The fourth-order valence-electron chi connectivity index (χ4n) is 3.83. The fraction of sp³-hybridized carbons (Fsp3) is 0.316. The summed E-state index contributed by atoms with van der Waals surface area (Å²) in [4.78, 5) is 16.5. The van der Waals surface area contributed by atoms with Crippen LogP contribution in [0.4, 0.5) is 23.2 Å². The predicted octanol–water partition coefficient (Wildman–Crippen LogP) is 4.57. The Labute approximate surface area is 151 Å². The van der Waals surface area contributed by atoms with Crippen LogP contribution in [0.2, 0.25) is 0 Å². The Morgan fingerprint density at radius 3 is 2.44 bits per heavy atom. The van der Waals surface area contributed by atoms with Crippen LogP contribution < -0.4 is 10.6 Å². The molecule has 1 aromatic heterocycles. The number of rotatable bonds is 2. The normalized spacial score (nSPS) is 15.6. The Balaban J connectivity index is 2.06. The third-order valence-electron chi connectivity index (χ3n) is 5.07. The summed E-state index contributed by atoms with van der Waals surface area (Å²) in [7, 11) is 0. The van der Waals surface area contributed by atoms with Crippen molar-refractivity contribution in [2.75, 3.05) is 18.0 Å². The largest absolute Gasteiger partial charge is 0.416 e. The van der Waals surface area contributed by atoms with E-state index < -0.39 is 23.5 Å². The minimum atomic E-state index is -4.50. The number of anilines is 1. The molecule has 1 fully saturated rings. The molecule has 1 amide bonds. The molecule has 1 aliphatic heterocycles. The van der Waals surface area contributed by atoms with Crippen LogP contribution in [0.3, 0.4) is 0 Å². The van der Waals surface area contributed by atoms with Crippen molar-refractivity contribution in [2.45, 2.75) is 25.4 Å². The van der Waals surface area contributed by atoms with Gasteiger partial charge < -0.3 is 15.6 Å². The molecule has 0 radical (unpaired) electrons. The lowest BCUT2D eigenvalue weighted by molar-refractivity contribution is -0.137. The highest BCUT2D eigenvalue weighted by Crippen LogP contribution is 2.40. The second kappa shape index (κ2) is 6.14. The van der Waals surface area contributed by atoms with Crippen LogP contribution in [0.5, 0.6) is 0 Å². The number of halogens is 4. The molecule has 0 spiro atoms. The standard InChI is InChI=1S/C19H17F4N3O/c20-13-9-12(18(24)27)16-15(17(13)26-6-2-1-3-7-26)11-5-4-10(19(21,22)23)8-14(11)25-16/h4-5,8-9,25H,1-3,6-7H2,(H2,24,27). The molecule has 27 heavy (non-hydrogen) atoms. The summed E-state index contributed by atoms with van der Waals surface area (Å²) in [6.07, 6.45) is -1.65. The van der Waals surface area contributed by atoms with Crippen molar-refractivity contribution in [1.29, 1.82) is 0 Å². The van der Waals surface area contributed by atoms with Crippen LogP contribution >= 0.6 is 0 Å². The zero-order chi connectivity index (χ0) is 19.3. The molecule has 0 unspecified atom stereocenters. The van der Waals surface area contributed by atoms with Gasteiger partial charge in [-0.3, -0.25) is 4.79 Å². The summed E-state index contributed by atoms with van der Waals surface area (Å²) >= 11 is 0. The summed E-state index contributed by atoms with van der Waals surface area (Å²) in [5.74, 6) is -1.44. The molecule has 0 bridgehead atoms. The lowest BCUT2D eigenvalue weighted by Crippen LogP contribution is -2.30. The summed E-state index contributed by atoms with van der Waals surface area (Å²) in [6, 6.07) is 4.31. The van der Waals surface area contributed by atoms with Crippen LogP contribution in [0, 0.1) is 5.82 Å². The van der Waals surface area contributed by atoms with Gasteiger partial charge in [0.1, 0.15) is 5.82 Å². The Kier molecular flexibility index (Phi) is 4.01. The maximum absolute atomic E-state index is 15.0. The zero-order valence-electron chi connectivity index (χ0n) is 14.3. The predicted molar refractivity (Wildman–Crippen MR) is 95.3 cm³/mol. The molecule has 2 heterocycles. The molecule has 1 aliphatic rings. The Morgan fingerprint density at radius 1 is 1.11 bits per heavy atom. The number of hydrogen-bond donors (Lipinski definition) is 2. The number of benzene rings is 2. The number of hydrogen-bond acceptors (Lipinski definition) is 2. The van der Waals surface area contributed by atoms with Gasteiger partial charge >= 0.3 is 6.18 Å². The number of carbonyl (C=O) groups excluding carboxylic acids is 1. The number of aromatic amines is 1. The van der Waals surface area contributed by atoms with E-state index in [2.05, 4.69) is 4.98 Å².